The first-order valence-corrected chi connectivity index (χ1v) is 8.60. The molecular formula is C18H26N4. The predicted molar refractivity (Wildman–Crippen MR) is 89.6 cm³/mol. The summed E-state index contributed by atoms with van der Waals surface area (Å²) >= 11 is 0. The van der Waals surface area contributed by atoms with Crippen LogP contribution in [0.5, 0.6) is 0 Å². The average Bonchev–Trinajstić information content (AvgIpc) is 3.05. The van der Waals surface area contributed by atoms with E-state index in [9.17, 15) is 0 Å². The van der Waals surface area contributed by atoms with Crippen molar-refractivity contribution in [1.29, 1.82) is 0 Å². The number of rotatable bonds is 7. The number of likely N-dealkylation sites (tertiary alicyclic amines) is 1. The molecule has 0 radical (unpaired) electrons. The second-order valence-electron chi connectivity index (χ2n) is 6.20. The fourth-order valence-corrected chi connectivity index (χ4v) is 3.12. The Balaban J connectivity index is 1.36. The van der Waals surface area contributed by atoms with Gasteiger partial charge in [0, 0.05) is 12.1 Å². The first-order valence-electron chi connectivity index (χ1n) is 8.60. The van der Waals surface area contributed by atoms with Crippen LogP contribution in [0.4, 0.5) is 0 Å². The molecule has 0 bridgehead atoms. The van der Waals surface area contributed by atoms with E-state index in [2.05, 4.69) is 33.5 Å². The molecule has 2 heterocycles. The third kappa shape index (κ3) is 4.41. The van der Waals surface area contributed by atoms with Crippen molar-refractivity contribution in [3.63, 3.8) is 0 Å². The Bertz CT molecular complexity index is 543. The van der Waals surface area contributed by atoms with E-state index in [1.165, 1.54) is 58.2 Å². The van der Waals surface area contributed by atoms with E-state index in [1.807, 2.05) is 22.9 Å². The second kappa shape index (κ2) is 8.08. The van der Waals surface area contributed by atoms with Crippen molar-refractivity contribution in [2.75, 3.05) is 19.6 Å². The Morgan fingerprint density at radius 1 is 0.864 bits per heavy atom. The number of benzene rings is 1. The second-order valence-corrected chi connectivity index (χ2v) is 6.20. The maximum atomic E-state index is 4.26. The van der Waals surface area contributed by atoms with E-state index in [1.54, 1.807) is 0 Å². The molecular weight excluding hydrogens is 272 g/mol. The van der Waals surface area contributed by atoms with Crippen molar-refractivity contribution in [3.05, 3.63) is 36.5 Å². The van der Waals surface area contributed by atoms with E-state index in [4.69, 9.17) is 0 Å². The van der Waals surface area contributed by atoms with E-state index in [0.717, 1.165) is 17.8 Å². The van der Waals surface area contributed by atoms with Gasteiger partial charge in [-0.2, -0.15) is 0 Å². The van der Waals surface area contributed by atoms with E-state index < -0.39 is 0 Å². The highest BCUT2D eigenvalue weighted by Gasteiger charge is 2.09. The maximum Gasteiger partial charge on any atom is 0.113 e. The fourth-order valence-electron chi connectivity index (χ4n) is 3.12. The van der Waals surface area contributed by atoms with Crippen molar-refractivity contribution >= 4 is 0 Å². The van der Waals surface area contributed by atoms with Gasteiger partial charge in [-0.25, -0.2) is 0 Å². The largest absolute Gasteiger partial charge is 0.303 e. The minimum Gasteiger partial charge on any atom is -0.303 e. The molecule has 1 aromatic heterocycles. The number of aromatic nitrogens is 3. The zero-order valence-electron chi connectivity index (χ0n) is 13.3. The molecule has 1 aliphatic rings. The van der Waals surface area contributed by atoms with Crippen LogP contribution in [0.25, 0.3) is 11.3 Å². The lowest BCUT2D eigenvalue weighted by Gasteiger charge is -2.26. The van der Waals surface area contributed by atoms with Crippen LogP contribution in [0, 0.1) is 0 Å². The Morgan fingerprint density at radius 3 is 2.45 bits per heavy atom. The number of aryl methyl sites for hydroxylation is 1. The highest BCUT2D eigenvalue weighted by molar-refractivity contribution is 5.56. The molecule has 3 rings (SSSR count). The minimum absolute atomic E-state index is 0.967. The normalized spacial score (nSPS) is 16.0. The summed E-state index contributed by atoms with van der Waals surface area (Å²) in [5.41, 5.74) is 2.10. The molecule has 0 unspecified atom stereocenters. The molecule has 1 fully saturated rings. The Kier molecular flexibility index (Phi) is 5.59. The topological polar surface area (TPSA) is 34.0 Å². The summed E-state index contributed by atoms with van der Waals surface area (Å²) in [5, 5.41) is 8.50. The molecule has 0 saturated carbocycles. The molecule has 0 aliphatic carbocycles. The summed E-state index contributed by atoms with van der Waals surface area (Å²) in [5.74, 6) is 0. The Labute approximate surface area is 133 Å². The Morgan fingerprint density at radius 2 is 1.64 bits per heavy atom. The van der Waals surface area contributed by atoms with Crippen molar-refractivity contribution in [3.8, 4) is 11.3 Å². The van der Waals surface area contributed by atoms with Crippen LogP contribution in [0.1, 0.15) is 38.5 Å². The number of nitrogens with zero attached hydrogens (tertiary/aromatic N) is 4. The summed E-state index contributed by atoms with van der Waals surface area (Å²) in [6.45, 7) is 4.86. The van der Waals surface area contributed by atoms with E-state index in [-0.39, 0.29) is 0 Å². The van der Waals surface area contributed by atoms with Crippen LogP contribution >= 0.6 is 0 Å². The standard InChI is InChI=1S/C18H26N4/c1-4-10-17(11-5-1)18-16-22(20-19-18)15-9-3-8-14-21-12-6-2-7-13-21/h1,4-5,10-11,16H,2-3,6-9,12-15H2. The third-order valence-corrected chi connectivity index (χ3v) is 4.42. The molecule has 4 heteroatoms. The average molecular weight is 298 g/mol. The Hall–Kier alpha value is -1.68. The van der Waals surface area contributed by atoms with Crippen LogP contribution in [0.15, 0.2) is 36.5 Å². The zero-order valence-corrected chi connectivity index (χ0v) is 13.3. The number of hydrogen-bond acceptors (Lipinski definition) is 3. The lowest BCUT2D eigenvalue weighted by Crippen LogP contribution is -2.30. The molecule has 22 heavy (non-hydrogen) atoms. The third-order valence-electron chi connectivity index (χ3n) is 4.42. The lowest BCUT2D eigenvalue weighted by molar-refractivity contribution is 0.223. The van der Waals surface area contributed by atoms with Crippen molar-refractivity contribution in [2.24, 2.45) is 0 Å². The first-order chi connectivity index (χ1) is 10.9. The zero-order chi connectivity index (χ0) is 15.0. The molecule has 0 N–H and O–H groups in total. The van der Waals surface area contributed by atoms with Gasteiger partial charge in [-0.15, -0.1) is 5.10 Å². The molecule has 4 nitrogen and oxygen atoms in total. The van der Waals surface area contributed by atoms with Gasteiger partial charge in [-0.05, 0) is 45.3 Å². The van der Waals surface area contributed by atoms with Gasteiger partial charge < -0.3 is 4.90 Å². The quantitative estimate of drug-likeness (QED) is 0.732. The molecule has 0 spiro atoms. The van der Waals surface area contributed by atoms with Crippen LogP contribution in [0.2, 0.25) is 0 Å². The first kappa shape index (κ1) is 15.2. The predicted octanol–water partition coefficient (Wildman–Crippen LogP) is 3.60. The molecule has 118 valence electrons. The smallest absolute Gasteiger partial charge is 0.113 e. The van der Waals surface area contributed by atoms with Crippen LogP contribution in [-0.2, 0) is 6.54 Å². The van der Waals surface area contributed by atoms with Crippen molar-refractivity contribution in [2.45, 2.75) is 45.1 Å². The summed E-state index contributed by atoms with van der Waals surface area (Å²) < 4.78 is 1.98. The van der Waals surface area contributed by atoms with E-state index in [0.29, 0.717) is 0 Å². The summed E-state index contributed by atoms with van der Waals surface area (Å²) in [7, 11) is 0. The van der Waals surface area contributed by atoms with E-state index >= 15 is 0 Å². The van der Waals surface area contributed by atoms with Gasteiger partial charge in [0.1, 0.15) is 5.69 Å². The molecule has 1 aromatic carbocycles. The molecule has 0 atom stereocenters. The SMILES string of the molecule is c1ccc(-c2cn(CCCCCN3CCCCC3)nn2)cc1. The van der Waals surface area contributed by atoms with Crippen molar-refractivity contribution < 1.29 is 0 Å². The van der Waals surface area contributed by atoms with Gasteiger partial charge in [-0.3, -0.25) is 4.68 Å². The van der Waals surface area contributed by atoms with Gasteiger partial charge in [0.2, 0.25) is 0 Å². The molecule has 1 aliphatic heterocycles. The summed E-state index contributed by atoms with van der Waals surface area (Å²) in [4.78, 5) is 2.62. The number of piperidine rings is 1. The van der Waals surface area contributed by atoms with Gasteiger partial charge in [0.15, 0.2) is 0 Å². The van der Waals surface area contributed by atoms with Crippen LogP contribution in [0.3, 0.4) is 0 Å². The van der Waals surface area contributed by atoms with Gasteiger partial charge in [0.25, 0.3) is 0 Å². The molecule has 0 amide bonds. The lowest BCUT2D eigenvalue weighted by atomic mass is 10.1. The monoisotopic (exact) mass is 298 g/mol. The molecule has 1 saturated heterocycles. The van der Waals surface area contributed by atoms with Crippen LogP contribution in [-0.4, -0.2) is 39.5 Å². The van der Waals surface area contributed by atoms with Gasteiger partial charge in [-0.1, -0.05) is 48.4 Å². The van der Waals surface area contributed by atoms with Crippen molar-refractivity contribution in [1.82, 2.24) is 19.9 Å². The highest BCUT2D eigenvalue weighted by atomic mass is 15.4. The van der Waals surface area contributed by atoms with Crippen LogP contribution < -0.4 is 0 Å². The maximum absolute atomic E-state index is 4.26. The summed E-state index contributed by atoms with van der Waals surface area (Å²) in [6, 6.07) is 10.3. The summed E-state index contributed by atoms with van der Waals surface area (Å²) in [6.07, 6.45) is 10.0. The number of unbranched alkanes of at least 4 members (excludes halogenated alkanes) is 2. The van der Waals surface area contributed by atoms with Gasteiger partial charge in [0.05, 0.1) is 6.20 Å². The molecule has 2 aromatic rings. The minimum atomic E-state index is 0.967. The fraction of sp³-hybridized carbons (Fsp3) is 0.556. The number of hydrogen-bond donors (Lipinski definition) is 0. The highest BCUT2D eigenvalue weighted by Crippen LogP contribution is 2.15. The van der Waals surface area contributed by atoms with Gasteiger partial charge >= 0.3 is 0 Å².